The summed E-state index contributed by atoms with van der Waals surface area (Å²) in [5.74, 6) is -0.177. The van der Waals surface area contributed by atoms with Crippen molar-refractivity contribution in [2.45, 2.75) is 26.7 Å². The molecule has 2 aromatic rings. The molecule has 0 saturated heterocycles. The number of rotatable bonds is 6. The molecule has 23 heavy (non-hydrogen) atoms. The Balaban J connectivity index is 1.72. The molecule has 0 radical (unpaired) electrons. The SMILES string of the molecule is Cc1ccc(NC(=O)CCNC(=O)Cc2ccccc2)cc1C. The number of hydrogen-bond acceptors (Lipinski definition) is 2. The Labute approximate surface area is 136 Å². The van der Waals surface area contributed by atoms with Crippen LogP contribution in [0, 0.1) is 13.8 Å². The molecule has 0 aliphatic carbocycles. The van der Waals surface area contributed by atoms with E-state index in [0.29, 0.717) is 13.0 Å². The van der Waals surface area contributed by atoms with Gasteiger partial charge in [-0.3, -0.25) is 9.59 Å². The van der Waals surface area contributed by atoms with Crippen LogP contribution in [0.2, 0.25) is 0 Å². The highest BCUT2D eigenvalue weighted by Crippen LogP contribution is 2.14. The van der Waals surface area contributed by atoms with E-state index in [1.807, 2.05) is 62.4 Å². The average molecular weight is 310 g/mol. The predicted octanol–water partition coefficient (Wildman–Crippen LogP) is 2.99. The van der Waals surface area contributed by atoms with Gasteiger partial charge in [0.05, 0.1) is 6.42 Å². The van der Waals surface area contributed by atoms with Gasteiger partial charge in [-0.2, -0.15) is 0 Å². The molecule has 0 heterocycles. The third kappa shape index (κ3) is 5.58. The molecule has 4 nitrogen and oxygen atoms in total. The summed E-state index contributed by atoms with van der Waals surface area (Å²) < 4.78 is 0. The smallest absolute Gasteiger partial charge is 0.226 e. The second-order valence-electron chi connectivity index (χ2n) is 5.61. The lowest BCUT2D eigenvalue weighted by Crippen LogP contribution is -2.28. The zero-order valence-electron chi connectivity index (χ0n) is 13.6. The number of hydrogen-bond donors (Lipinski definition) is 2. The summed E-state index contributed by atoms with van der Waals surface area (Å²) in [4.78, 5) is 23.7. The van der Waals surface area contributed by atoms with Gasteiger partial charge in [-0.05, 0) is 42.7 Å². The first-order valence-electron chi connectivity index (χ1n) is 7.72. The van der Waals surface area contributed by atoms with E-state index >= 15 is 0 Å². The fourth-order valence-electron chi connectivity index (χ4n) is 2.20. The molecule has 0 unspecified atom stereocenters. The molecule has 0 aromatic heterocycles. The van der Waals surface area contributed by atoms with Crippen molar-refractivity contribution in [3.8, 4) is 0 Å². The quantitative estimate of drug-likeness (QED) is 0.862. The van der Waals surface area contributed by atoms with Gasteiger partial charge in [0.1, 0.15) is 0 Å². The molecule has 0 spiro atoms. The van der Waals surface area contributed by atoms with Crippen LogP contribution in [0.1, 0.15) is 23.1 Å². The molecule has 2 amide bonds. The van der Waals surface area contributed by atoms with Crippen LogP contribution in [-0.2, 0) is 16.0 Å². The van der Waals surface area contributed by atoms with Gasteiger partial charge in [-0.15, -0.1) is 0 Å². The molecular weight excluding hydrogens is 288 g/mol. The van der Waals surface area contributed by atoms with E-state index in [9.17, 15) is 9.59 Å². The monoisotopic (exact) mass is 310 g/mol. The molecule has 120 valence electrons. The summed E-state index contributed by atoms with van der Waals surface area (Å²) in [7, 11) is 0. The molecule has 0 atom stereocenters. The van der Waals surface area contributed by atoms with Gasteiger partial charge in [0, 0.05) is 18.7 Å². The van der Waals surface area contributed by atoms with Crippen molar-refractivity contribution in [2.75, 3.05) is 11.9 Å². The molecule has 0 aliphatic heterocycles. The van der Waals surface area contributed by atoms with E-state index in [-0.39, 0.29) is 18.2 Å². The molecule has 2 rings (SSSR count). The van der Waals surface area contributed by atoms with E-state index in [2.05, 4.69) is 10.6 Å². The lowest BCUT2D eigenvalue weighted by atomic mass is 10.1. The lowest BCUT2D eigenvalue weighted by Gasteiger charge is -2.08. The minimum atomic E-state index is -0.103. The molecule has 2 aromatic carbocycles. The maximum absolute atomic E-state index is 11.9. The molecule has 0 saturated carbocycles. The maximum atomic E-state index is 11.9. The zero-order chi connectivity index (χ0) is 16.7. The predicted molar refractivity (Wildman–Crippen MR) is 92.3 cm³/mol. The number of carbonyl (C=O) groups excluding carboxylic acids is 2. The van der Waals surface area contributed by atoms with Gasteiger partial charge in [0.15, 0.2) is 0 Å². The highest BCUT2D eigenvalue weighted by Gasteiger charge is 2.06. The Morgan fingerprint density at radius 3 is 2.35 bits per heavy atom. The first kappa shape index (κ1) is 16.7. The fraction of sp³-hybridized carbons (Fsp3) is 0.263. The molecule has 0 bridgehead atoms. The molecular formula is C19H22N2O2. The Kier molecular flexibility index (Phi) is 5.92. The van der Waals surface area contributed by atoms with Crippen LogP contribution in [0.15, 0.2) is 48.5 Å². The fourth-order valence-corrected chi connectivity index (χ4v) is 2.20. The molecule has 4 heteroatoms. The largest absolute Gasteiger partial charge is 0.355 e. The number of carbonyl (C=O) groups is 2. The van der Waals surface area contributed by atoms with Crippen LogP contribution in [0.4, 0.5) is 5.69 Å². The van der Waals surface area contributed by atoms with E-state index in [0.717, 1.165) is 16.8 Å². The van der Waals surface area contributed by atoms with Crippen LogP contribution in [0.3, 0.4) is 0 Å². The standard InChI is InChI=1S/C19H22N2O2/c1-14-8-9-17(12-15(14)2)21-18(22)10-11-20-19(23)13-16-6-4-3-5-7-16/h3-9,12H,10-11,13H2,1-2H3,(H,20,23)(H,21,22). The van der Waals surface area contributed by atoms with Gasteiger partial charge in [-0.1, -0.05) is 36.4 Å². The topological polar surface area (TPSA) is 58.2 Å². The summed E-state index contributed by atoms with van der Waals surface area (Å²) in [5.41, 5.74) is 4.08. The second-order valence-corrected chi connectivity index (χ2v) is 5.61. The van der Waals surface area contributed by atoms with Crippen LogP contribution in [-0.4, -0.2) is 18.4 Å². The summed E-state index contributed by atoms with van der Waals surface area (Å²) >= 11 is 0. The maximum Gasteiger partial charge on any atom is 0.226 e. The van der Waals surface area contributed by atoms with Crippen molar-refractivity contribution in [3.05, 3.63) is 65.2 Å². The third-order valence-corrected chi connectivity index (χ3v) is 3.67. The number of amides is 2. The number of nitrogens with one attached hydrogen (secondary N) is 2. The lowest BCUT2D eigenvalue weighted by molar-refractivity contribution is -0.120. The van der Waals surface area contributed by atoms with Crippen molar-refractivity contribution in [2.24, 2.45) is 0 Å². The first-order chi connectivity index (χ1) is 11.0. The Morgan fingerprint density at radius 2 is 1.65 bits per heavy atom. The van der Waals surface area contributed by atoms with Crippen LogP contribution in [0.25, 0.3) is 0 Å². The summed E-state index contributed by atoms with van der Waals surface area (Å²) in [6, 6.07) is 15.3. The van der Waals surface area contributed by atoms with Gasteiger partial charge in [0.25, 0.3) is 0 Å². The van der Waals surface area contributed by atoms with Gasteiger partial charge >= 0.3 is 0 Å². The van der Waals surface area contributed by atoms with Crippen LogP contribution < -0.4 is 10.6 Å². The van der Waals surface area contributed by atoms with Gasteiger partial charge in [-0.25, -0.2) is 0 Å². The van der Waals surface area contributed by atoms with Crippen molar-refractivity contribution >= 4 is 17.5 Å². The van der Waals surface area contributed by atoms with E-state index in [1.54, 1.807) is 0 Å². The van der Waals surface area contributed by atoms with Crippen LogP contribution >= 0.6 is 0 Å². The first-order valence-corrected chi connectivity index (χ1v) is 7.72. The van der Waals surface area contributed by atoms with Gasteiger partial charge in [0.2, 0.25) is 11.8 Å². The number of benzene rings is 2. The minimum absolute atomic E-state index is 0.0739. The molecule has 2 N–H and O–H groups in total. The van der Waals surface area contributed by atoms with Crippen molar-refractivity contribution in [1.82, 2.24) is 5.32 Å². The molecule has 0 fully saturated rings. The Hall–Kier alpha value is -2.62. The molecule has 0 aliphatic rings. The number of aryl methyl sites for hydroxylation is 2. The second kappa shape index (κ2) is 8.13. The Bertz CT molecular complexity index is 681. The number of anilines is 1. The Morgan fingerprint density at radius 1 is 0.913 bits per heavy atom. The van der Waals surface area contributed by atoms with Crippen molar-refractivity contribution < 1.29 is 9.59 Å². The highest BCUT2D eigenvalue weighted by molar-refractivity contribution is 5.91. The van der Waals surface area contributed by atoms with Crippen LogP contribution in [0.5, 0.6) is 0 Å². The summed E-state index contributed by atoms with van der Waals surface area (Å²) in [5, 5.41) is 5.61. The van der Waals surface area contributed by atoms with E-state index < -0.39 is 0 Å². The van der Waals surface area contributed by atoms with E-state index in [4.69, 9.17) is 0 Å². The zero-order valence-corrected chi connectivity index (χ0v) is 13.6. The van der Waals surface area contributed by atoms with Crippen molar-refractivity contribution in [1.29, 1.82) is 0 Å². The summed E-state index contributed by atoms with van der Waals surface area (Å²) in [6.45, 7) is 4.38. The summed E-state index contributed by atoms with van der Waals surface area (Å²) in [6.07, 6.45) is 0.590. The van der Waals surface area contributed by atoms with Gasteiger partial charge < -0.3 is 10.6 Å². The normalized spacial score (nSPS) is 10.2. The van der Waals surface area contributed by atoms with E-state index in [1.165, 1.54) is 5.56 Å². The highest BCUT2D eigenvalue weighted by atomic mass is 16.2. The third-order valence-electron chi connectivity index (χ3n) is 3.67. The van der Waals surface area contributed by atoms with Crippen molar-refractivity contribution in [3.63, 3.8) is 0 Å². The minimum Gasteiger partial charge on any atom is -0.355 e. The average Bonchev–Trinajstić information content (AvgIpc) is 2.52.